The molecule has 1 aliphatic carbocycles. The number of para-hydroxylation sites is 1. The molecule has 1 aliphatic heterocycles. The first kappa shape index (κ1) is 11.1. The highest BCUT2D eigenvalue weighted by Gasteiger charge is 2.39. The summed E-state index contributed by atoms with van der Waals surface area (Å²) in [4.78, 5) is 0. The standard InChI is InChI=1S/C16H23N/c1-3-13-7-6-8-14-12(2)11-16(17-15(13)14)9-4-5-10-16/h6-8,12,17H,3-5,9-11H2,1-2H3/t12-/m1/s1. The molecule has 0 amide bonds. The van der Waals surface area contributed by atoms with Gasteiger partial charge in [-0.1, -0.05) is 44.9 Å². The molecule has 0 aromatic heterocycles. The van der Waals surface area contributed by atoms with Gasteiger partial charge in [-0.3, -0.25) is 0 Å². The van der Waals surface area contributed by atoms with Gasteiger partial charge in [-0.25, -0.2) is 0 Å². The predicted octanol–water partition coefficient (Wildman–Crippen LogP) is 4.48. The molecule has 1 aromatic carbocycles. The smallest absolute Gasteiger partial charge is 0.0412 e. The number of nitrogens with one attached hydrogen (secondary N) is 1. The van der Waals surface area contributed by atoms with E-state index < -0.39 is 0 Å². The van der Waals surface area contributed by atoms with Crippen LogP contribution in [0.25, 0.3) is 0 Å². The molecule has 3 rings (SSSR count). The number of fused-ring (bicyclic) bond motifs is 1. The van der Waals surface area contributed by atoms with Gasteiger partial charge in [0.2, 0.25) is 0 Å². The summed E-state index contributed by atoms with van der Waals surface area (Å²) in [7, 11) is 0. The molecule has 1 spiro atoms. The van der Waals surface area contributed by atoms with Crippen molar-refractivity contribution in [2.75, 3.05) is 5.32 Å². The van der Waals surface area contributed by atoms with Gasteiger partial charge in [0.1, 0.15) is 0 Å². The monoisotopic (exact) mass is 229 g/mol. The fourth-order valence-corrected chi connectivity index (χ4v) is 3.87. The van der Waals surface area contributed by atoms with Gasteiger partial charge in [0.25, 0.3) is 0 Å². The van der Waals surface area contributed by atoms with Crippen molar-refractivity contribution < 1.29 is 0 Å². The predicted molar refractivity (Wildman–Crippen MR) is 73.7 cm³/mol. The number of hydrogen-bond donors (Lipinski definition) is 1. The van der Waals surface area contributed by atoms with Gasteiger partial charge in [-0.15, -0.1) is 0 Å². The minimum atomic E-state index is 0.428. The Kier molecular flexibility index (Phi) is 2.65. The lowest BCUT2D eigenvalue weighted by molar-refractivity contribution is 0.395. The van der Waals surface area contributed by atoms with Crippen LogP contribution in [0.5, 0.6) is 0 Å². The van der Waals surface area contributed by atoms with Crippen molar-refractivity contribution in [2.45, 2.75) is 63.8 Å². The zero-order chi connectivity index (χ0) is 11.9. The van der Waals surface area contributed by atoms with Crippen molar-refractivity contribution in [3.05, 3.63) is 29.3 Å². The van der Waals surface area contributed by atoms with Crippen LogP contribution in [0.15, 0.2) is 18.2 Å². The molecule has 1 aromatic rings. The molecule has 17 heavy (non-hydrogen) atoms. The lowest BCUT2D eigenvalue weighted by Gasteiger charge is -2.41. The van der Waals surface area contributed by atoms with Crippen molar-refractivity contribution >= 4 is 5.69 Å². The van der Waals surface area contributed by atoms with Gasteiger partial charge in [0.05, 0.1) is 0 Å². The second-order valence-electron chi connectivity index (χ2n) is 5.95. The summed E-state index contributed by atoms with van der Waals surface area (Å²) in [5, 5.41) is 3.92. The summed E-state index contributed by atoms with van der Waals surface area (Å²) in [5.41, 5.74) is 4.94. The molecule has 1 saturated carbocycles. The maximum absolute atomic E-state index is 3.92. The molecular formula is C16H23N. The van der Waals surface area contributed by atoms with E-state index in [9.17, 15) is 0 Å². The van der Waals surface area contributed by atoms with E-state index >= 15 is 0 Å². The Morgan fingerprint density at radius 1 is 1.29 bits per heavy atom. The second-order valence-corrected chi connectivity index (χ2v) is 5.95. The fourth-order valence-electron chi connectivity index (χ4n) is 3.87. The van der Waals surface area contributed by atoms with E-state index in [0.717, 1.165) is 12.3 Å². The van der Waals surface area contributed by atoms with Crippen LogP contribution in [0, 0.1) is 0 Å². The van der Waals surface area contributed by atoms with Crippen molar-refractivity contribution in [3.8, 4) is 0 Å². The average molecular weight is 229 g/mol. The van der Waals surface area contributed by atoms with Crippen molar-refractivity contribution in [3.63, 3.8) is 0 Å². The number of hydrogen-bond acceptors (Lipinski definition) is 1. The molecule has 0 bridgehead atoms. The van der Waals surface area contributed by atoms with E-state index in [0.29, 0.717) is 5.54 Å². The molecule has 1 atom stereocenters. The number of anilines is 1. The van der Waals surface area contributed by atoms with Crippen LogP contribution in [-0.2, 0) is 6.42 Å². The van der Waals surface area contributed by atoms with Crippen molar-refractivity contribution in [1.29, 1.82) is 0 Å². The van der Waals surface area contributed by atoms with E-state index in [1.165, 1.54) is 43.4 Å². The summed E-state index contributed by atoms with van der Waals surface area (Å²) < 4.78 is 0. The van der Waals surface area contributed by atoms with Gasteiger partial charge in [0.15, 0.2) is 0 Å². The topological polar surface area (TPSA) is 12.0 Å². The average Bonchev–Trinajstić information content (AvgIpc) is 2.76. The number of rotatable bonds is 1. The zero-order valence-electron chi connectivity index (χ0n) is 11.1. The second kappa shape index (κ2) is 4.04. The third-order valence-electron chi connectivity index (χ3n) is 4.74. The van der Waals surface area contributed by atoms with Crippen LogP contribution in [0.3, 0.4) is 0 Å². The first-order valence-electron chi connectivity index (χ1n) is 7.14. The summed E-state index contributed by atoms with van der Waals surface area (Å²) in [6.07, 6.45) is 8.02. The minimum Gasteiger partial charge on any atom is -0.379 e. The van der Waals surface area contributed by atoms with Crippen LogP contribution in [0.1, 0.15) is 63.0 Å². The normalized spacial score (nSPS) is 25.6. The summed E-state index contributed by atoms with van der Waals surface area (Å²) in [5.74, 6) is 0.718. The van der Waals surface area contributed by atoms with Crippen molar-refractivity contribution in [1.82, 2.24) is 0 Å². The van der Waals surface area contributed by atoms with Gasteiger partial charge in [-0.2, -0.15) is 0 Å². The third kappa shape index (κ3) is 1.76. The quantitative estimate of drug-likeness (QED) is 0.748. The number of benzene rings is 1. The van der Waals surface area contributed by atoms with Gasteiger partial charge in [-0.05, 0) is 42.7 Å². The van der Waals surface area contributed by atoms with E-state index in [4.69, 9.17) is 0 Å². The lowest BCUT2D eigenvalue weighted by atomic mass is 9.78. The summed E-state index contributed by atoms with van der Waals surface area (Å²) >= 11 is 0. The first-order valence-corrected chi connectivity index (χ1v) is 7.14. The molecule has 0 radical (unpaired) electrons. The lowest BCUT2D eigenvalue weighted by Crippen LogP contribution is -2.40. The Morgan fingerprint density at radius 2 is 2.06 bits per heavy atom. The highest BCUT2D eigenvalue weighted by Crippen LogP contribution is 2.47. The van der Waals surface area contributed by atoms with E-state index in [1.807, 2.05) is 0 Å². The molecule has 0 saturated heterocycles. The molecular weight excluding hydrogens is 206 g/mol. The van der Waals surface area contributed by atoms with Crippen LogP contribution in [-0.4, -0.2) is 5.54 Å². The zero-order valence-corrected chi connectivity index (χ0v) is 11.1. The van der Waals surface area contributed by atoms with Crippen molar-refractivity contribution in [2.24, 2.45) is 0 Å². The van der Waals surface area contributed by atoms with Gasteiger partial charge < -0.3 is 5.32 Å². The molecule has 2 aliphatic rings. The summed E-state index contributed by atoms with van der Waals surface area (Å²) in [6.45, 7) is 4.66. The molecule has 1 nitrogen and oxygen atoms in total. The Bertz CT molecular complexity index is 416. The molecule has 0 unspecified atom stereocenters. The van der Waals surface area contributed by atoms with E-state index in [-0.39, 0.29) is 0 Å². The highest BCUT2D eigenvalue weighted by molar-refractivity contribution is 5.62. The Hall–Kier alpha value is -0.980. The maximum atomic E-state index is 3.92. The third-order valence-corrected chi connectivity index (χ3v) is 4.74. The highest BCUT2D eigenvalue weighted by atomic mass is 15.0. The van der Waals surface area contributed by atoms with Crippen LogP contribution < -0.4 is 5.32 Å². The molecule has 1 N–H and O–H groups in total. The Labute approximate surface area is 105 Å². The fraction of sp³-hybridized carbons (Fsp3) is 0.625. The maximum Gasteiger partial charge on any atom is 0.0412 e. The van der Waals surface area contributed by atoms with Crippen LogP contribution in [0.4, 0.5) is 5.69 Å². The Balaban J connectivity index is 2.03. The Morgan fingerprint density at radius 3 is 2.76 bits per heavy atom. The van der Waals surface area contributed by atoms with Gasteiger partial charge >= 0.3 is 0 Å². The van der Waals surface area contributed by atoms with E-state index in [1.54, 1.807) is 5.56 Å². The molecule has 1 heterocycles. The molecule has 1 heteroatoms. The summed E-state index contributed by atoms with van der Waals surface area (Å²) in [6, 6.07) is 6.82. The number of aryl methyl sites for hydroxylation is 1. The SMILES string of the molecule is CCc1cccc2c1NC1(CCCC1)C[C@H]2C. The van der Waals surface area contributed by atoms with Gasteiger partial charge in [0, 0.05) is 11.2 Å². The molecule has 92 valence electrons. The van der Waals surface area contributed by atoms with Crippen LogP contribution in [0.2, 0.25) is 0 Å². The van der Waals surface area contributed by atoms with Crippen LogP contribution >= 0.6 is 0 Å². The van der Waals surface area contributed by atoms with E-state index in [2.05, 4.69) is 37.4 Å². The first-order chi connectivity index (χ1) is 8.24. The molecule has 1 fully saturated rings. The minimum absolute atomic E-state index is 0.428. The largest absolute Gasteiger partial charge is 0.379 e.